The summed E-state index contributed by atoms with van der Waals surface area (Å²) in [6.45, 7) is 8.61. The predicted octanol–water partition coefficient (Wildman–Crippen LogP) is 3.22. The fourth-order valence-electron chi connectivity index (χ4n) is 4.27. The van der Waals surface area contributed by atoms with Crippen molar-refractivity contribution in [2.24, 2.45) is 5.92 Å². The molecule has 0 unspecified atom stereocenters. The lowest BCUT2D eigenvalue weighted by molar-refractivity contribution is -0.133. The summed E-state index contributed by atoms with van der Waals surface area (Å²) in [4.78, 5) is 16.9. The Balaban J connectivity index is 1.49. The Morgan fingerprint density at radius 1 is 1.23 bits per heavy atom. The van der Waals surface area contributed by atoms with Gasteiger partial charge in [-0.3, -0.25) is 4.79 Å². The van der Waals surface area contributed by atoms with Crippen molar-refractivity contribution in [2.75, 3.05) is 19.6 Å². The highest BCUT2D eigenvalue weighted by Gasteiger charge is 2.35. The van der Waals surface area contributed by atoms with Crippen LogP contribution in [-0.4, -0.2) is 52.0 Å². The summed E-state index contributed by atoms with van der Waals surface area (Å²) in [5, 5.41) is 4.07. The zero-order valence-electron chi connectivity index (χ0n) is 16.2. The largest absolute Gasteiger partial charge is 0.358 e. The molecule has 1 aromatic carbocycles. The number of piperidine rings is 1. The van der Waals surface area contributed by atoms with Crippen molar-refractivity contribution < 1.29 is 4.79 Å². The van der Waals surface area contributed by atoms with Crippen LogP contribution in [0.4, 0.5) is 0 Å². The van der Waals surface area contributed by atoms with Gasteiger partial charge in [0, 0.05) is 24.7 Å². The second-order valence-electron chi connectivity index (χ2n) is 8.51. The smallest absolute Gasteiger partial charge is 0.242 e. The van der Waals surface area contributed by atoms with Crippen LogP contribution < -0.4 is 5.32 Å². The number of hydrogen-bond donors (Lipinski definition) is 1. The van der Waals surface area contributed by atoms with Crippen LogP contribution in [0, 0.1) is 5.92 Å². The number of carbonyl (C=O) groups excluding carboxylic acids is 1. The molecule has 0 spiro atoms. The minimum absolute atomic E-state index is 0.00579. The van der Waals surface area contributed by atoms with Crippen LogP contribution in [0.3, 0.4) is 0 Å². The molecule has 2 saturated heterocycles. The summed E-state index contributed by atoms with van der Waals surface area (Å²) in [7, 11) is 0. The number of nitrogens with zero attached hydrogens (tertiary/aromatic N) is 2. The average molecular weight is 374 g/mol. The van der Waals surface area contributed by atoms with Gasteiger partial charge in [-0.1, -0.05) is 30.3 Å². The maximum absolute atomic E-state index is 12.8. The summed E-state index contributed by atoms with van der Waals surface area (Å²) in [5.41, 5.74) is 1.41. The van der Waals surface area contributed by atoms with Crippen molar-refractivity contribution in [1.29, 1.82) is 0 Å². The van der Waals surface area contributed by atoms with Crippen LogP contribution in [0.25, 0.3) is 0 Å². The number of nitrogens with one attached hydrogen (secondary N) is 1. The zero-order chi connectivity index (χ0) is 18.7. The number of rotatable bonds is 4. The highest BCUT2D eigenvalue weighted by atomic mass is 32.1. The summed E-state index contributed by atoms with van der Waals surface area (Å²) in [6, 6.07) is 11.0. The zero-order valence-corrected chi connectivity index (χ0v) is 17.0. The van der Waals surface area contributed by atoms with Gasteiger partial charge in [0.25, 0.3) is 0 Å². The lowest BCUT2D eigenvalue weighted by Crippen LogP contribution is -2.62. The molecule has 0 bridgehead atoms. The van der Waals surface area contributed by atoms with E-state index in [0.717, 1.165) is 38.8 Å². The number of thiocarbonyl (C=S) groups is 1. The number of benzene rings is 1. The Hall–Kier alpha value is -1.62. The molecule has 2 fully saturated rings. The molecule has 26 heavy (non-hydrogen) atoms. The molecule has 0 saturated carbocycles. The van der Waals surface area contributed by atoms with Crippen molar-refractivity contribution in [3.8, 4) is 0 Å². The number of hydrogen-bond acceptors (Lipinski definition) is 2. The maximum Gasteiger partial charge on any atom is 0.242 e. The van der Waals surface area contributed by atoms with Crippen LogP contribution in [0.15, 0.2) is 30.3 Å². The summed E-state index contributed by atoms with van der Waals surface area (Å²) >= 11 is 5.51. The van der Waals surface area contributed by atoms with Gasteiger partial charge in [0.15, 0.2) is 5.11 Å². The quantitative estimate of drug-likeness (QED) is 0.822. The molecule has 142 valence electrons. The minimum atomic E-state index is 0.00579. The van der Waals surface area contributed by atoms with E-state index in [1.165, 1.54) is 5.56 Å². The van der Waals surface area contributed by atoms with Gasteiger partial charge in [-0.15, -0.1) is 0 Å². The molecule has 1 N–H and O–H groups in total. The van der Waals surface area contributed by atoms with E-state index in [1.807, 2.05) is 4.90 Å². The second kappa shape index (κ2) is 7.95. The van der Waals surface area contributed by atoms with E-state index >= 15 is 0 Å². The summed E-state index contributed by atoms with van der Waals surface area (Å²) < 4.78 is 0. The van der Waals surface area contributed by atoms with Crippen LogP contribution in [-0.2, 0) is 11.2 Å². The van der Waals surface area contributed by atoms with E-state index in [4.69, 9.17) is 12.2 Å². The lowest BCUT2D eigenvalue weighted by Gasteiger charge is -2.45. The molecule has 3 rings (SSSR count). The number of amides is 1. The van der Waals surface area contributed by atoms with Crippen LogP contribution in [0.2, 0.25) is 0 Å². The van der Waals surface area contributed by atoms with Crippen molar-refractivity contribution >= 4 is 23.2 Å². The molecule has 0 aliphatic carbocycles. The molecule has 1 aromatic rings. The van der Waals surface area contributed by atoms with E-state index in [1.54, 1.807) is 0 Å². The Bertz CT molecular complexity index is 638. The van der Waals surface area contributed by atoms with Crippen molar-refractivity contribution in [3.63, 3.8) is 0 Å². The third kappa shape index (κ3) is 4.76. The van der Waals surface area contributed by atoms with Crippen LogP contribution in [0.1, 0.15) is 45.6 Å². The maximum atomic E-state index is 12.8. The molecular formula is C21H31N3OS. The van der Waals surface area contributed by atoms with E-state index in [-0.39, 0.29) is 11.4 Å². The monoisotopic (exact) mass is 373 g/mol. The van der Waals surface area contributed by atoms with E-state index in [0.29, 0.717) is 23.6 Å². The summed E-state index contributed by atoms with van der Waals surface area (Å²) in [6.07, 6.45) is 4.28. The highest BCUT2D eigenvalue weighted by molar-refractivity contribution is 7.80. The van der Waals surface area contributed by atoms with Crippen molar-refractivity contribution in [1.82, 2.24) is 15.1 Å². The van der Waals surface area contributed by atoms with Crippen LogP contribution in [0.5, 0.6) is 0 Å². The van der Waals surface area contributed by atoms with Gasteiger partial charge in [-0.05, 0) is 70.2 Å². The molecule has 0 radical (unpaired) electrons. The van der Waals surface area contributed by atoms with Gasteiger partial charge < -0.3 is 15.1 Å². The predicted molar refractivity (Wildman–Crippen MR) is 110 cm³/mol. The lowest BCUT2D eigenvalue weighted by atomic mass is 9.90. The molecular weight excluding hydrogens is 342 g/mol. The van der Waals surface area contributed by atoms with Gasteiger partial charge in [0.2, 0.25) is 5.91 Å². The topological polar surface area (TPSA) is 35.6 Å². The van der Waals surface area contributed by atoms with Gasteiger partial charge in [0.05, 0.1) is 6.54 Å². The fraction of sp³-hybridized carbons (Fsp3) is 0.619. The van der Waals surface area contributed by atoms with Gasteiger partial charge in [-0.2, -0.15) is 0 Å². The third-order valence-corrected chi connectivity index (χ3v) is 6.02. The van der Waals surface area contributed by atoms with Crippen molar-refractivity contribution in [2.45, 2.75) is 58.0 Å². The van der Waals surface area contributed by atoms with Crippen molar-refractivity contribution in [3.05, 3.63) is 35.9 Å². The first-order valence-electron chi connectivity index (χ1n) is 9.74. The Kier molecular flexibility index (Phi) is 5.86. The normalized spacial score (nSPS) is 23.7. The first kappa shape index (κ1) is 19.2. The van der Waals surface area contributed by atoms with E-state index in [9.17, 15) is 4.79 Å². The SMILES string of the molecule is C[C@@H]1CC(C)(C)NC(=S)N1CC(=O)N1CCC(Cc2ccccc2)CC1. The third-order valence-electron chi connectivity index (χ3n) is 5.68. The van der Waals surface area contributed by atoms with E-state index < -0.39 is 0 Å². The van der Waals surface area contributed by atoms with Gasteiger partial charge >= 0.3 is 0 Å². The standard InChI is InChI=1S/C21H31N3OS/c1-16-14-21(2,3)22-20(26)24(16)15-19(25)23-11-9-18(10-12-23)13-17-7-5-4-6-8-17/h4-8,16,18H,9-15H2,1-3H3,(H,22,26)/t16-/m1/s1. The van der Waals surface area contributed by atoms with Gasteiger partial charge in [0.1, 0.15) is 0 Å². The first-order valence-corrected chi connectivity index (χ1v) is 10.2. The molecule has 2 heterocycles. The fourth-order valence-corrected chi connectivity index (χ4v) is 4.79. The van der Waals surface area contributed by atoms with Crippen LogP contribution >= 0.6 is 12.2 Å². The minimum Gasteiger partial charge on any atom is -0.358 e. The molecule has 0 aromatic heterocycles. The number of carbonyl (C=O) groups is 1. The molecule has 2 aliphatic rings. The Morgan fingerprint density at radius 3 is 2.50 bits per heavy atom. The molecule has 4 nitrogen and oxygen atoms in total. The van der Waals surface area contributed by atoms with Gasteiger partial charge in [-0.25, -0.2) is 0 Å². The molecule has 1 amide bonds. The number of likely N-dealkylation sites (tertiary alicyclic amines) is 1. The molecule has 1 atom stereocenters. The van der Waals surface area contributed by atoms with E-state index in [2.05, 4.69) is 61.3 Å². The molecule has 2 aliphatic heterocycles. The Morgan fingerprint density at radius 2 is 1.88 bits per heavy atom. The highest BCUT2D eigenvalue weighted by Crippen LogP contribution is 2.24. The summed E-state index contributed by atoms with van der Waals surface area (Å²) in [5.74, 6) is 0.887. The second-order valence-corrected chi connectivity index (χ2v) is 8.90. The first-order chi connectivity index (χ1) is 12.3. The average Bonchev–Trinajstić information content (AvgIpc) is 2.59. The molecule has 5 heteroatoms. The Labute approximate surface area is 162 Å².